The van der Waals surface area contributed by atoms with Crippen molar-refractivity contribution >= 4 is 21.8 Å². The summed E-state index contributed by atoms with van der Waals surface area (Å²) in [6, 6.07) is 4.20. The molecule has 5 heteroatoms. The molecule has 0 aliphatic heterocycles. The van der Waals surface area contributed by atoms with Gasteiger partial charge in [-0.3, -0.25) is 4.79 Å². The fraction of sp³-hybridized carbons (Fsp3) is 0.462. The van der Waals surface area contributed by atoms with Crippen molar-refractivity contribution in [2.24, 2.45) is 5.92 Å². The van der Waals surface area contributed by atoms with Crippen molar-refractivity contribution in [3.05, 3.63) is 28.5 Å². The number of halogens is 2. The molecule has 0 spiro atoms. The van der Waals surface area contributed by atoms with Gasteiger partial charge in [-0.2, -0.15) is 0 Å². The Morgan fingerprint density at radius 3 is 2.61 bits per heavy atom. The van der Waals surface area contributed by atoms with Crippen LogP contribution in [-0.4, -0.2) is 18.6 Å². The predicted octanol–water partition coefficient (Wildman–Crippen LogP) is 3.13. The van der Waals surface area contributed by atoms with Crippen LogP contribution in [0.3, 0.4) is 0 Å². The van der Waals surface area contributed by atoms with E-state index in [0.29, 0.717) is 22.7 Å². The molecule has 1 aromatic rings. The van der Waals surface area contributed by atoms with Crippen LogP contribution in [0.4, 0.5) is 4.39 Å². The number of rotatable bonds is 5. The van der Waals surface area contributed by atoms with E-state index in [2.05, 4.69) is 21.2 Å². The zero-order chi connectivity index (χ0) is 13.7. The van der Waals surface area contributed by atoms with Crippen LogP contribution in [0.1, 0.15) is 20.8 Å². The third kappa shape index (κ3) is 5.04. The Labute approximate surface area is 115 Å². The van der Waals surface area contributed by atoms with Gasteiger partial charge in [-0.05, 0) is 25.0 Å². The molecule has 1 amide bonds. The highest BCUT2D eigenvalue weighted by Crippen LogP contribution is 2.21. The second-order valence-electron chi connectivity index (χ2n) is 4.50. The first-order valence-electron chi connectivity index (χ1n) is 5.79. The monoisotopic (exact) mass is 317 g/mol. The van der Waals surface area contributed by atoms with Crippen LogP contribution in [0.15, 0.2) is 22.7 Å². The maximum absolute atomic E-state index is 13.1. The lowest BCUT2D eigenvalue weighted by molar-refractivity contribution is -0.127. The van der Waals surface area contributed by atoms with E-state index in [0.717, 1.165) is 0 Å². The lowest BCUT2D eigenvalue weighted by Crippen LogP contribution is -2.38. The third-order valence-corrected chi connectivity index (χ3v) is 2.66. The summed E-state index contributed by atoms with van der Waals surface area (Å²) < 4.78 is 19.1. The molecule has 0 fully saturated rings. The Kier molecular flexibility index (Phi) is 5.59. The molecule has 1 rings (SSSR count). The van der Waals surface area contributed by atoms with E-state index < -0.39 is 11.9 Å². The number of hydrogen-bond donors (Lipinski definition) is 1. The first-order valence-corrected chi connectivity index (χ1v) is 6.58. The highest BCUT2D eigenvalue weighted by Gasteiger charge is 2.15. The first kappa shape index (κ1) is 15.0. The first-order chi connectivity index (χ1) is 8.38. The van der Waals surface area contributed by atoms with Gasteiger partial charge in [-0.15, -0.1) is 0 Å². The maximum Gasteiger partial charge on any atom is 0.260 e. The van der Waals surface area contributed by atoms with Gasteiger partial charge in [0.1, 0.15) is 11.6 Å². The van der Waals surface area contributed by atoms with Crippen molar-refractivity contribution in [3.63, 3.8) is 0 Å². The molecule has 1 atom stereocenters. The van der Waals surface area contributed by atoms with Crippen molar-refractivity contribution in [3.8, 4) is 5.75 Å². The van der Waals surface area contributed by atoms with Gasteiger partial charge in [0.25, 0.3) is 5.91 Å². The predicted molar refractivity (Wildman–Crippen MR) is 72.0 cm³/mol. The minimum atomic E-state index is -0.655. The van der Waals surface area contributed by atoms with E-state index in [4.69, 9.17) is 4.74 Å². The van der Waals surface area contributed by atoms with Crippen LogP contribution < -0.4 is 10.1 Å². The van der Waals surface area contributed by atoms with E-state index in [1.807, 2.05) is 13.8 Å². The summed E-state index contributed by atoms with van der Waals surface area (Å²) in [5, 5.41) is 2.76. The second-order valence-corrected chi connectivity index (χ2v) is 5.42. The van der Waals surface area contributed by atoms with E-state index in [9.17, 15) is 9.18 Å². The maximum atomic E-state index is 13.1. The van der Waals surface area contributed by atoms with Gasteiger partial charge in [-0.1, -0.05) is 29.8 Å². The summed E-state index contributed by atoms with van der Waals surface area (Å²) in [6.45, 7) is 6.25. The van der Waals surface area contributed by atoms with E-state index >= 15 is 0 Å². The minimum absolute atomic E-state index is 0.205. The molecule has 1 N–H and O–H groups in total. The molecular weight excluding hydrogens is 301 g/mol. The molecule has 0 aliphatic rings. The van der Waals surface area contributed by atoms with Gasteiger partial charge in [0.05, 0.1) is 0 Å². The molecular formula is C13H17BrFNO2. The zero-order valence-electron chi connectivity index (χ0n) is 10.7. The summed E-state index contributed by atoms with van der Waals surface area (Å²) >= 11 is 3.17. The smallest absolute Gasteiger partial charge is 0.260 e. The number of hydrogen-bond acceptors (Lipinski definition) is 2. The van der Waals surface area contributed by atoms with Crippen molar-refractivity contribution < 1.29 is 13.9 Å². The Morgan fingerprint density at radius 2 is 2.06 bits per heavy atom. The molecule has 3 nitrogen and oxygen atoms in total. The van der Waals surface area contributed by atoms with Crippen molar-refractivity contribution in [1.29, 1.82) is 0 Å². The van der Waals surface area contributed by atoms with Crippen LogP contribution in [0, 0.1) is 11.7 Å². The van der Waals surface area contributed by atoms with Gasteiger partial charge >= 0.3 is 0 Å². The summed E-state index contributed by atoms with van der Waals surface area (Å²) in [6.07, 6.45) is -0.655. The molecule has 0 bridgehead atoms. The minimum Gasteiger partial charge on any atom is -0.481 e. The molecule has 100 valence electrons. The molecule has 0 saturated carbocycles. The molecule has 18 heavy (non-hydrogen) atoms. The number of carbonyl (C=O) groups is 1. The topological polar surface area (TPSA) is 38.3 Å². The lowest BCUT2D eigenvalue weighted by atomic mass is 10.2. The van der Waals surface area contributed by atoms with Crippen LogP contribution in [-0.2, 0) is 4.79 Å². The fourth-order valence-corrected chi connectivity index (χ4v) is 1.75. The lowest BCUT2D eigenvalue weighted by Gasteiger charge is -2.15. The Hall–Kier alpha value is -1.10. The van der Waals surface area contributed by atoms with E-state index in [-0.39, 0.29) is 5.91 Å². The normalized spacial score (nSPS) is 12.3. The molecule has 0 aromatic heterocycles. The number of ether oxygens (including phenoxy) is 1. The molecule has 0 aliphatic carbocycles. The number of amides is 1. The zero-order valence-corrected chi connectivity index (χ0v) is 12.3. The molecule has 0 heterocycles. The van der Waals surface area contributed by atoms with Gasteiger partial charge in [0, 0.05) is 17.1 Å². The third-order valence-electron chi connectivity index (χ3n) is 2.20. The fourth-order valence-electron chi connectivity index (χ4n) is 1.30. The highest BCUT2D eigenvalue weighted by molar-refractivity contribution is 9.10. The number of carbonyl (C=O) groups excluding carboxylic acids is 1. The van der Waals surface area contributed by atoms with Gasteiger partial charge in [-0.25, -0.2) is 4.39 Å². The van der Waals surface area contributed by atoms with Crippen LogP contribution in [0.25, 0.3) is 0 Å². The van der Waals surface area contributed by atoms with Crippen molar-refractivity contribution in [1.82, 2.24) is 5.32 Å². The number of benzene rings is 1. The Bertz CT molecular complexity index is 403. The standard InChI is InChI=1S/C13H17BrFNO2/c1-8(2)7-16-13(17)9(3)18-12-5-10(14)4-11(15)6-12/h4-6,8-9H,7H2,1-3H3,(H,16,17). The largest absolute Gasteiger partial charge is 0.481 e. The quantitative estimate of drug-likeness (QED) is 0.906. The number of nitrogens with one attached hydrogen (secondary N) is 1. The highest BCUT2D eigenvalue weighted by atomic mass is 79.9. The van der Waals surface area contributed by atoms with Crippen LogP contribution >= 0.6 is 15.9 Å². The van der Waals surface area contributed by atoms with Gasteiger partial charge in [0.2, 0.25) is 0 Å². The second kappa shape index (κ2) is 6.73. The Morgan fingerprint density at radius 1 is 1.39 bits per heavy atom. The van der Waals surface area contributed by atoms with Gasteiger partial charge < -0.3 is 10.1 Å². The van der Waals surface area contributed by atoms with Gasteiger partial charge in [0.15, 0.2) is 6.10 Å². The SMILES string of the molecule is CC(C)CNC(=O)C(C)Oc1cc(F)cc(Br)c1. The summed E-state index contributed by atoms with van der Waals surface area (Å²) in [4.78, 5) is 11.7. The molecule has 1 aromatic carbocycles. The Balaban J connectivity index is 2.58. The van der Waals surface area contributed by atoms with Crippen molar-refractivity contribution in [2.75, 3.05) is 6.54 Å². The molecule has 1 unspecified atom stereocenters. The summed E-state index contributed by atoms with van der Waals surface area (Å²) in [7, 11) is 0. The van der Waals surface area contributed by atoms with E-state index in [1.54, 1.807) is 13.0 Å². The average molecular weight is 318 g/mol. The summed E-state index contributed by atoms with van der Waals surface area (Å²) in [5.74, 6) is 0.0942. The molecule has 0 saturated heterocycles. The average Bonchev–Trinajstić information content (AvgIpc) is 2.24. The van der Waals surface area contributed by atoms with E-state index in [1.165, 1.54) is 12.1 Å². The molecule has 0 radical (unpaired) electrons. The van der Waals surface area contributed by atoms with Crippen molar-refractivity contribution in [2.45, 2.75) is 26.9 Å². The van der Waals surface area contributed by atoms with Crippen LogP contribution in [0.5, 0.6) is 5.75 Å². The van der Waals surface area contributed by atoms with Crippen LogP contribution in [0.2, 0.25) is 0 Å². The summed E-state index contributed by atoms with van der Waals surface area (Å²) in [5.41, 5.74) is 0.